The molecule has 148 valence electrons. The molecule has 2 heterocycles. The molecule has 0 fully saturated rings. The monoisotopic (exact) mass is 374 g/mol. The number of aliphatic hydroxyl groups is 3. The molecule has 2 rings (SSSR count). The minimum absolute atomic E-state index is 0.0562. The zero-order chi connectivity index (χ0) is 19.1. The summed E-state index contributed by atoms with van der Waals surface area (Å²) in [5, 5.41) is 29.4. The number of nitrogens with zero attached hydrogens (tertiary/aromatic N) is 1. The van der Waals surface area contributed by atoms with Crippen LogP contribution in [-0.4, -0.2) is 59.9 Å². The van der Waals surface area contributed by atoms with Gasteiger partial charge in [0.05, 0.1) is 13.2 Å². The van der Waals surface area contributed by atoms with Crippen LogP contribution in [0.5, 0.6) is 5.88 Å². The van der Waals surface area contributed by atoms with Crippen molar-refractivity contribution in [1.29, 1.82) is 0 Å². The van der Waals surface area contributed by atoms with E-state index in [1.165, 1.54) is 11.0 Å². The molecule has 0 spiro atoms. The van der Waals surface area contributed by atoms with E-state index in [4.69, 9.17) is 18.7 Å². The van der Waals surface area contributed by atoms with Crippen molar-refractivity contribution >= 4 is 5.97 Å². The average molecular weight is 374 g/mol. The van der Waals surface area contributed by atoms with E-state index in [9.17, 15) is 20.1 Å². The Morgan fingerprint density at radius 3 is 2.73 bits per heavy atom. The molecule has 9 heteroatoms. The smallest absolute Gasteiger partial charge is 0.421 e. The molecule has 0 aromatic carbocycles. The first-order chi connectivity index (χ1) is 12.5. The van der Waals surface area contributed by atoms with Gasteiger partial charge in [-0.3, -0.25) is 4.79 Å². The fourth-order valence-electron chi connectivity index (χ4n) is 2.76. The van der Waals surface area contributed by atoms with Crippen molar-refractivity contribution in [3.8, 4) is 5.88 Å². The third-order valence-electron chi connectivity index (χ3n) is 4.25. The molecule has 0 radical (unpaired) electrons. The van der Waals surface area contributed by atoms with E-state index in [1.807, 2.05) is 13.8 Å². The molecule has 0 bridgehead atoms. The molecule has 1 aliphatic rings. The third-order valence-corrected chi connectivity index (χ3v) is 4.25. The number of esters is 1. The lowest BCUT2D eigenvalue weighted by Gasteiger charge is -2.28. The molecule has 1 aromatic rings. The van der Waals surface area contributed by atoms with Gasteiger partial charge in [0.15, 0.2) is 12.4 Å². The van der Waals surface area contributed by atoms with Gasteiger partial charge in [-0.15, -0.1) is 0 Å². The Kier molecular flexibility index (Phi) is 7.83. The second-order valence-corrected chi connectivity index (χ2v) is 6.18. The maximum absolute atomic E-state index is 12.0. The maximum Gasteiger partial charge on any atom is 0.421 e. The van der Waals surface area contributed by atoms with Gasteiger partial charge in [-0.2, -0.15) is 0 Å². The van der Waals surface area contributed by atoms with Crippen LogP contribution in [0.2, 0.25) is 0 Å². The first-order valence-electron chi connectivity index (χ1n) is 8.93. The normalized spacial score (nSPS) is 23.2. The molecular weight excluding hydrogens is 346 g/mol. The molecule has 0 saturated heterocycles. The molecule has 0 aliphatic carbocycles. The van der Waals surface area contributed by atoms with E-state index >= 15 is 0 Å². The van der Waals surface area contributed by atoms with E-state index in [2.05, 4.69) is 0 Å². The molecule has 0 amide bonds. The van der Waals surface area contributed by atoms with Crippen molar-refractivity contribution in [2.75, 3.05) is 26.4 Å². The summed E-state index contributed by atoms with van der Waals surface area (Å²) < 4.78 is 22.8. The Morgan fingerprint density at radius 1 is 1.31 bits per heavy atom. The molecule has 9 nitrogen and oxygen atoms in total. The minimum atomic E-state index is -1.26. The predicted octanol–water partition coefficient (Wildman–Crippen LogP) is 0.0257. The molecule has 4 atom stereocenters. The van der Waals surface area contributed by atoms with Gasteiger partial charge in [-0.05, 0) is 6.42 Å². The minimum Gasteiger partial charge on any atom is -0.463 e. The van der Waals surface area contributed by atoms with Crippen LogP contribution >= 0.6 is 0 Å². The van der Waals surface area contributed by atoms with Gasteiger partial charge in [0.2, 0.25) is 6.04 Å². The second-order valence-electron chi connectivity index (χ2n) is 6.18. The van der Waals surface area contributed by atoms with Gasteiger partial charge in [0, 0.05) is 17.8 Å². The lowest BCUT2D eigenvalue weighted by atomic mass is 10.0. The summed E-state index contributed by atoms with van der Waals surface area (Å²) in [6.45, 7) is 4.58. The van der Waals surface area contributed by atoms with Crippen molar-refractivity contribution in [2.24, 2.45) is 0 Å². The van der Waals surface area contributed by atoms with Crippen LogP contribution in [0.3, 0.4) is 0 Å². The Balaban J connectivity index is 2.00. The highest BCUT2D eigenvalue weighted by Crippen LogP contribution is 2.34. The Bertz CT molecular complexity index is 575. The number of hydrogen-bond donors (Lipinski definition) is 3. The SMILES string of the molecule is CCCOCCOC(=O)CC(CC)[n+]1occ2c1OC(CO)[C@@H](O)[C@@H]2O. The summed E-state index contributed by atoms with van der Waals surface area (Å²) in [5.41, 5.74) is 0.280. The number of fused-ring (bicyclic) bond motifs is 1. The van der Waals surface area contributed by atoms with Crippen LogP contribution in [0, 0.1) is 0 Å². The number of ether oxygens (including phenoxy) is 3. The summed E-state index contributed by atoms with van der Waals surface area (Å²) >= 11 is 0. The van der Waals surface area contributed by atoms with Crippen molar-refractivity contribution in [1.82, 2.24) is 0 Å². The molecule has 1 aromatic heterocycles. The Labute approximate surface area is 152 Å². The molecule has 2 unspecified atom stereocenters. The van der Waals surface area contributed by atoms with Gasteiger partial charge < -0.3 is 29.5 Å². The number of hydrogen-bond acceptors (Lipinski definition) is 8. The summed E-state index contributed by atoms with van der Waals surface area (Å²) in [6.07, 6.45) is -0.669. The fourth-order valence-corrected chi connectivity index (χ4v) is 2.76. The summed E-state index contributed by atoms with van der Waals surface area (Å²) in [4.78, 5) is 12.0. The average Bonchev–Trinajstić information content (AvgIpc) is 3.06. The molecule has 26 heavy (non-hydrogen) atoms. The van der Waals surface area contributed by atoms with Crippen LogP contribution < -0.4 is 9.48 Å². The number of aromatic nitrogens is 1. The molecule has 1 aliphatic heterocycles. The molecule has 3 N–H and O–H groups in total. The second kappa shape index (κ2) is 9.86. The van der Waals surface area contributed by atoms with Crippen LogP contribution in [0.1, 0.15) is 50.8 Å². The Hall–Kier alpha value is -1.68. The predicted molar refractivity (Wildman–Crippen MR) is 87.4 cm³/mol. The highest BCUT2D eigenvalue weighted by molar-refractivity contribution is 5.69. The zero-order valence-corrected chi connectivity index (χ0v) is 15.2. The van der Waals surface area contributed by atoms with E-state index in [0.29, 0.717) is 19.6 Å². The van der Waals surface area contributed by atoms with Gasteiger partial charge in [-0.25, -0.2) is 4.52 Å². The van der Waals surface area contributed by atoms with Crippen LogP contribution in [0.15, 0.2) is 10.8 Å². The molecular formula is C17H28NO8+. The van der Waals surface area contributed by atoms with Gasteiger partial charge >= 0.3 is 11.8 Å². The highest BCUT2D eigenvalue weighted by atomic mass is 16.6. The van der Waals surface area contributed by atoms with Crippen molar-refractivity contribution < 1.29 is 43.6 Å². The quantitative estimate of drug-likeness (QED) is 0.298. The highest BCUT2D eigenvalue weighted by Gasteiger charge is 2.45. The lowest BCUT2D eigenvalue weighted by molar-refractivity contribution is -0.884. The summed E-state index contributed by atoms with van der Waals surface area (Å²) in [7, 11) is 0. The largest absolute Gasteiger partial charge is 0.463 e. The van der Waals surface area contributed by atoms with E-state index in [-0.39, 0.29) is 30.5 Å². The van der Waals surface area contributed by atoms with Gasteiger partial charge in [0.25, 0.3) is 0 Å². The maximum atomic E-state index is 12.0. The number of carbonyl (C=O) groups is 1. The third kappa shape index (κ3) is 4.73. The van der Waals surface area contributed by atoms with E-state index in [0.717, 1.165) is 6.42 Å². The zero-order valence-electron chi connectivity index (χ0n) is 15.2. The standard InChI is InChI=1S/C17H28NO8/c1-3-5-23-6-7-24-14(20)8-11(4-2)18-17-12(10-25-18)15(21)16(22)13(9-19)26-17/h10-11,13,15-16,19,21-22H,3-9H2,1-2H3/q+1/t11?,13?,15-,16-/m1/s1. The lowest BCUT2D eigenvalue weighted by Crippen LogP contribution is -2.48. The number of aliphatic hydroxyl groups excluding tert-OH is 3. The van der Waals surface area contributed by atoms with Gasteiger partial charge in [-0.1, -0.05) is 13.8 Å². The number of carbonyl (C=O) groups excluding carboxylic acids is 1. The summed E-state index contributed by atoms with van der Waals surface area (Å²) in [6, 6.07) is -0.385. The van der Waals surface area contributed by atoms with Gasteiger partial charge in [0.1, 0.15) is 30.8 Å². The fraction of sp³-hybridized carbons (Fsp3) is 0.765. The summed E-state index contributed by atoms with van der Waals surface area (Å²) in [5.74, 6) is -0.197. The Morgan fingerprint density at radius 2 is 2.08 bits per heavy atom. The first kappa shape index (κ1) is 20.6. The van der Waals surface area contributed by atoms with Crippen molar-refractivity contribution in [2.45, 2.75) is 57.5 Å². The number of rotatable bonds is 10. The van der Waals surface area contributed by atoms with Crippen LogP contribution in [0.4, 0.5) is 0 Å². The molecule has 0 saturated carbocycles. The first-order valence-corrected chi connectivity index (χ1v) is 8.93. The van der Waals surface area contributed by atoms with Crippen LogP contribution in [-0.2, 0) is 14.3 Å². The van der Waals surface area contributed by atoms with Crippen LogP contribution in [0.25, 0.3) is 0 Å². The topological polar surface area (TPSA) is 122 Å². The van der Waals surface area contributed by atoms with Crippen molar-refractivity contribution in [3.63, 3.8) is 0 Å². The van der Waals surface area contributed by atoms with E-state index < -0.39 is 30.9 Å². The van der Waals surface area contributed by atoms with Crippen molar-refractivity contribution in [3.05, 3.63) is 11.8 Å². The van der Waals surface area contributed by atoms with E-state index in [1.54, 1.807) is 0 Å².